The maximum absolute atomic E-state index is 9.00. The molecule has 0 spiro atoms. The lowest BCUT2D eigenvalue weighted by Gasteiger charge is -2.35. The van der Waals surface area contributed by atoms with Gasteiger partial charge in [0.25, 0.3) is 0 Å². The Bertz CT molecular complexity index is 256. The van der Waals surface area contributed by atoms with Gasteiger partial charge >= 0.3 is 0 Å². The fourth-order valence-corrected chi connectivity index (χ4v) is 1.72. The molecule has 2 heterocycles. The van der Waals surface area contributed by atoms with E-state index in [-0.39, 0.29) is 6.10 Å². The van der Waals surface area contributed by atoms with Gasteiger partial charge < -0.3 is 10.0 Å². The summed E-state index contributed by atoms with van der Waals surface area (Å²) in [7, 11) is 0. The molecular weight excluding hydrogens is 162 g/mol. The molecule has 0 bridgehead atoms. The van der Waals surface area contributed by atoms with Crippen molar-refractivity contribution in [3.05, 3.63) is 5.82 Å². The van der Waals surface area contributed by atoms with E-state index in [4.69, 9.17) is 5.11 Å². The Morgan fingerprint density at radius 2 is 2.36 bits per heavy atom. The summed E-state index contributed by atoms with van der Waals surface area (Å²) in [6.07, 6.45) is -0.167. The quantitative estimate of drug-likeness (QED) is 0.647. The molecule has 1 saturated heterocycles. The normalized spacial score (nSPS) is 18.5. The fraction of sp³-hybridized carbons (Fsp3) is 0.667. The van der Waals surface area contributed by atoms with Gasteiger partial charge in [0.05, 0.1) is 6.10 Å². The van der Waals surface area contributed by atoms with Crippen LogP contribution >= 0.6 is 11.5 Å². The molecule has 0 radical (unpaired) electrons. The molecule has 0 amide bonds. The number of rotatable bonds is 1. The molecule has 0 aromatic carbocycles. The number of aryl methyl sites for hydroxylation is 1. The van der Waals surface area contributed by atoms with Crippen molar-refractivity contribution in [3.8, 4) is 0 Å². The highest BCUT2D eigenvalue weighted by Crippen LogP contribution is 2.22. The van der Waals surface area contributed by atoms with Gasteiger partial charge in [-0.15, -0.1) is 0 Å². The third kappa shape index (κ3) is 1.21. The van der Waals surface area contributed by atoms with Crippen molar-refractivity contribution in [2.45, 2.75) is 13.0 Å². The van der Waals surface area contributed by atoms with E-state index in [0.29, 0.717) is 13.1 Å². The minimum absolute atomic E-state index is 0.167. The molecule has 0 atom stereocenters. The van der Waals surface area contributed by atoms with Gasteiger partial charge in [0.2, 0.25) is 5.13 Å². The van der Waals surface area contributed by atoms with Crippen LogP contribution in [0.4, 0.5) is 5.13 Å². The molecule has 60 valence electrons. The summed E-state index contributed by atoms with van der Waals surface area (Å²) in [6, 6.07) is 0. The summed E-state index contributed by atoms with van der Waals surface area (Å²) in [5.41, 5.74) is 0. The zero-order chi connectivity index (χ0) is 7.84. The zero-order valence-corrected chi connectivity index (χ0v) is 7.01. The van der Waals surface area contributed by atoms with Gasteiger partial charge in [-0.3, -0.25) is 0 Å². The van der Waals surface area contributed by atoms with Gasteiger partial charge in [0.1, 0.15) is 5.82 Å². The van der Waals surface area contributed by atoms with Crippen molar-refractivity contribution in [2.75, 3.05) is 18.0 Å². The summed E-state index contributed by atoms with van der Waals surface area (Å²) < 4.78 is 4.05. The number of aromatic nitrogens is 2. The smallest absolute Gasteiger partial charge is 0.205 e. The van der Waals surface area contributed by atoms with Crippen LogP contribution in [-0.4, -0.2) is 33.7 Å². The van der Waals surface area contributed by atoms with Crippen LogP contribution < -0.4 is 4.90 Å². The highest BCUT2D eigenvalue weighted by molar-refractivity contribution is 7.09. The molecule has 0 unspecified atom stereocenters. The molecule has 1 aromatic rings. The largest absolute Gasteiger partial charge is 0.389 e. The van der Waals surface area contributed by atoms with Crippen molar-refractivity contribution in [1.29, 1.82) is 0 Å². The van der Waals surface area contributed by atoms with E-state index < -0.39 is 0 Å². The van der Waals surface area contributed by atoms with Crippen LogP contribution in [0.15, 0.2) is 0 Å². The Hall–Kier alpha value is -0.680. The molecule has 11 heavy (non-hydrogen) atoms. The summed E-state index contributed by atoms with van der Waals surface area (Å²) in [4.78, 5) is 6.21. The summed E-state index contributed by atoms with van der Waals surface area (Å²) >= 11 is 1.39. The minimum atomic E-state index is -0.167. The second-order valence-electron chi connectivity index (χ2n) is 2.68. The first-order chi connectivity index (χ1) is 5.25. The zero-order valence-electron chi connectivity index (χ0n) is 6.19. The first-order valence-corrected chi connectivity index (χ1v) is 4.26. The molecule has 1 aromatic heterocycles. The first kappa shape index (κ1) is 7.00. The third-order valence-electron chi connectivity index (χ3n) is 1.65. The first-order valence-electron chi connectivity index (χ1n) is 3.49. The molecule has 2 rings (SSSR count). The van der Waals surface area contributed by atoms with Crippen LogP contribution in [0.1, 0.15) is 5.82 Å². The van der Waals surface area contributed by atoms with Crippen LogP contribution in [0, 0.1) is 6.92 Å². The Labute approximate surface area is 68.7 Å². The summed E-state index contributed by atoms with van der Waals surface area (Å²) in [6.45, 7) is 3.28. The monoisotopic (exact) mass is 171 g/mol. The van der Waals surface area contributed by atoms with Crippen LogP contribution in [0.3, 0.4) is 0 Å². The van der Waals surface area contributed by atoms with Gasteiger partial charge in [-0.25, -0.2) is 4.98 Å². The van der Waals surface area contributed by atoms with Gasteiger partial charge in [-0.2, -0.15) is 4.37 Å². The van der Waals surface area contributed by atoms with E-state index in [1.165, 1.54) is 11.5 Å². The highest BCUT2D eigenvalue weighted by atomic mass is 32.1. The Balaban J connectivity index is 2.07. The Kier molecular flexibility index (Phi) is 1.54. The van der Waals surface area contributed by atoms with E-state index in [1.54, 1.807) is 0 Å². The van der Waals surface area contributed by atoms with E-state index in [2.05, 4.69) is 9.36 Å². The molecule has 4 nitrogen and oxygen atoms in total. The molecule has 1 aliphatic heterocycles. The summed E-state index contributed by atoms with van der Waals surface area (Å²) in [5, 5.41) is 9.93. The lowest BCUT2D eigenvalue weighted by molar-refractivity contribution is 0.142. The van der Waals surface area contributed by atoms with Crippen LogP contribution in [0.5, 0.6) is 0 Å². The Morgan fingerprint density at radius 1 is 1.64 bits per heavy atom. The number of nitrogens with zero attached hydrogens (tertiary/aromatic N) is 3. The third-order valence-corrected chi connectivity index (χ3v) is 2.52. The average molecular weight is 171 g/mol. The topological polar surface area (TPSA) is 49.2 Å². The fourth-order valence-electron chi connectivity index (χ4n) is 1.03. The number of hydrogen-bond acceptors (Lipinski definition) is 5. The standard InChI is InChI=1S/C6H9N3OS/c1-4-7-6(11-8-4)9-2-5(10)3-9/h5,10H,2-3H2,1H3. The second-order valence-corrected chi connectivity index (χ2v) is 3.41. The average Bonchev–Trinajstić information content (AvgIpc) is 2.29. The number of aliphatic hydroxyl groups excluding tert-OH is 1. The molecular formula is C6H9N3OS. The van der Waals surface area contributed by atoms with Crippen LogP contribution in [0.25, 0.3) is 0 Å². The number of hydrogen-bond donors (Lipinski definition) is 1. The van der Waals surface area contributed by atoms with E-state index in [0.717, 1.165) is 11.0 Å². The number of anilines is 1. The molecule has 1 aliphatic rings. The lowest BCUT2D eigenvalue weighted by Crippen LogP contribution is -2.50. The van der Waals surface area contributed by atoms with Crippen molar-refractivity contribution in [3.63, 3.8) is 0 Å². The van der Waals surface area contributed by atoms with Gasteiger partial charge in [-0.1, -0.05) is 0 Å². The summed E-state index contributed by atoms with van der Waals surface area (Å²) in [5.74, 6) is 0.811. The van der Waals surface area contributed by atoms with Crippen molar-refractivity contribution < 1.29 is 5.11 Å². The van der Waals surface area contributed by atoms with Crippen molar-refractivity contribution in [1.82, 2.24) is 9.36 Å². The maximum Gasteiger partial charge on any atom is 0.205 e. The van der Waals surface area contributed by atoms with E-state index in [9.17, 15) is 0 Å². The van der Waals surface area contributed by atoms with Gasteiger partial charge in [0.15, 0.2) is 0 Å². The predicted molar refractivity (Wildman–Crippen MR) is 42.9 cm³/mol. The van der Waals surface area contributed by atoms with E-state index in [1.807, 2.05) is 11.8 Å². The lowest BCUT2D eigenvalue weighted by atomic mass is 10.2. The van der Waals surface area contributed by atoms with Crippen molar-refractivity contribution >= 4 is 16.7 Å². The van der Waals surface area contributed by atoms with Crippen LogP contribution in [0.2, 0.25) is 0 Å². The molecule has 0 saturated carbocycles. The Morgan fingerprint density at radius 3 is 2.82 bits per heavy atom. The molecule has 0 aliphatic carbocycles. The van der Waals surface area contributed by atoms with Crippen LogP contribution in [-0.2, 0) is 0 Å². The van der Waals surface area contributed by atoms with E-state index >= 15 is 0 Å². The second kappa shape index (κ2) is 2.42. The SMILES string of the molecule is Cc1nsc(N2CC(O)C2)n1. The molecule has 1 fully saturated rings. The maximum atomic E-state index is 9.00. The van der Waals surface area contributed by atoms with Gasteiger partial charge in [0, 0.05) is 24.6 Å². The number of aliphatic hydroxyl groups is 1. The van der Waals surface area contributed by atoms with Crippen molar-refractivity contribution in [2.24, 2.45) is 0 Å². The number of β-amino-alcohol motifs (C(OH)–C–C–N with tert-alkyl or cyclic N) is 1. The molecule has 5 heteroatoms. The predicted octanol–water partition coefficient (Wildman–Crippen LogP) is 0.0274. The minimum Gasteiger partial charge on any atom is -0.389 e. The van der Waals surface area contributed by atoms with Gasteiger partial charge in [-0.05, 0) is 6.92 Å². The molecule has 1 N–H and O–H groups in total. The highest BCUT2D eigenvalue weighted by Gasteiger charge is 2.26.